The summed E-state index contributed by atoms with van der Waals surface area (Å²) in [6.07, 6.45) is -6.06. The molecule has 0 saturated heterocycles. The molecule has 1 amide bonds. The van der Waals surface area contributed by atoms with Gasteiger partial charge in [0.2, 0.25) is 6.10 Å². The Morgan fingerprint density at radius 2 is 1.50 bits per heavy atom. The average Bonchev–Trinajstić information content (AvgIpc) is 3.34. The van der Waals surface area contributed by atoms with Crippen LogP contribution in [-0.2, 0) is 25.2 Å². The zero-order valence-electron chi connectivity index (χ0n) is 25.4. The van der Waals surface area contributed by atoms with Crippen LogP contribution < -0.4 is 4.90 Å². The van der Waals surface area contributed by atoms with Crippen molar-refractivity contribution in [1.29, 1.82) is 0 Å². The van der Waals surface area contributed by atoms with Crippen LogP contribution in [0.1, 0.15) is 70.2 Å². The summed E-state index contributed by atoms with van der Waals surface area (Å²) < 4.78 is 51.7. The second-order valence-electron chi connectivity index (χ2n) is 11.0. The second-order valence-corrected chi connectivity index (χ2v) is 11.0. The minimum Gasteiger partial charge on any atom is -0.468 e. The zero-order valence-corrected chi connectivity index (χ0v) is 25.4. The molecule has 8 nitrogen and oxygen atoms in total. The molecular weight excluding hydrogens is 599 g/mol. The molecule has 4 aromatic rings. The quantitative estimate of drug-likeness (QED) is 0.144. The number of aromatic nitrogens is 2. The largest absolute Gasteiger partial charge is 0.468 e. The second kappa shape index (κ2) is 13.0. The first kappa shape index (κ1) is 32.1. The number of methoxy groups -OCH3 is 1. The first-order valence-corrected chi connectivity index (χ1v) is 14.4. The van der Waals surface area contributed by atoms with Crippen LogP contribution in [-0.4, -0.2) is 35.0 Å². The highest BCUT2D eigenvalue weighted by Crippen LogP contribution is 2.44. The van der Waals surface area contributed by atoms with Crippen molar-refractivity contribution in [2.45, 2.75) is 45.0 Å². The number of hydrogen-bond donors (Lipinski definition) is 0. The highest BCUT2D eigenvalue weighted by atomic mass is 19.4. The predicted octanol–water partition coefficient (Wildman–Crippen LogP) is 7.08. The lowest BCUT2D eigenvalue weighted by molar-refractivity contribution is -0.152. The number of aryl methyl sites for hydroxylation is 1. The molecule has 0 radical (unpaired) electrons. The van der Waals surface area contributed by atoms with Crippen LogP contribution in [0.15, 0.2) is 102 Å². The maximum atomic E-state index is 14.4. The van der Waals surface area contributed by atoms with Gasteiger partial charge in [0.05, 0.1) is 30.0 Å². The van der Waals surface area contributed by atoms with Gasteiger partial charge >= 0.3 is 12.1 Å². The molecule has 11 heteroatoms. The summed E-state index contributed by atoms with van der Waals surface area (Å²) >= 11 is 0. The molecule has 5 rings (SSSR count). The molecule has 1 aliphatic heterocycles. The van der Waals surface area contributed by atoms with Crippen molar-refractivity contribution < 1.29 is 37.0 Å². The summed E-state index contributed by atoms with van der Waals surface area (Å²) in [4.78, 5) is 42.9. The monoisotopic (exact) mass is 629 g/mol. The Kier molecular flexibility index (Phi) is 9.04. The van der Waals surface area contributed by atoms with E-state index in [2.05, 4.69) is 10.2 Å². The Hall–Kier alpha value is -5.32. The van der Waals surface area contributed by atoms with Crippen molar-refractivity contribution >= 4 is 23.5 Å². The normalized spacial score (nSPS) is 15.7. The van der Waals surface area contributed by atoms with Crippen molar-refractivity contribution in [3.63, 3.8) is 0 Å². The van der Waals surface area contributed by atoms with Gasteiger partial charge in [-0.1, -0.05) is 80.6 Å². The third-order valence-electron chi connectivity index (χ3n) is 7.61. The van der Waals surface area contributed by atoms with Crippen LogP contribution in [0.2, 0.25) is 0 Å². The van der Waals surface area contributed by atoms with Gasteiger partial charge in [0.1, 0.15) is 0 Å². The smallest absolute Gasteiger partial charge is 0.416 e. The summed E-state index contributed by atoms with van der Waals surface area (Å²) in [6.45, 7) is 5.69. The summed E-state index contributed by atoms with van der Waals surface area (Å²) in [5.74, 6) is -2.56. The lowest BCUT2D eigenvalue weighted by Gasteiger charge is -2.26. The number of Topliss-reactive ketones (excluding diaryl/α,β-unsaturated/α-hetero) is 1. The fourth-order valence-electron chi connectivity index (χ4n) is 5.14. The zero-order chi connectivity index (χ0) is 33.2. The van der Waals surface area contributed by atoms with Gasteiger partial charge < -0.3 is 9.47 Å². The molecule has 1 aliphatic rings. The first-order valence-electron chi connectivity index (χ1n) is 14.4. The van der Waals surface area contributed by atoms with Gasteiger partial charge in [0.25, 0.3) is 5.91 Å². The van der Waals surface area contributed by atoms with Crippen molar-refractivity contribution in [3.05, 3.63) is 136 Å². The maximum Gasteiger partial charge on any atom is 0.416 e. The third kappa shape index (κ3) is 6.39. The van der Waals surface area contributed by atoms with Crippen molar-refractivity contribution in [3.8, 4) is 0 Å². The van der Waals surface area contributed by atoms with Crippen molar-refractivity contribution in [2.24, 2.45) is 0 Å². The van der Waals surface area contributed by atoms with Gasteiger partial charge in [0.15, 0.2) is 17.4 Å². The van der Waals surface area contributed by atoms with Gasteiger partial charge in [-0.15, -0.1) is 5.10 Å². The average molecular weight is 630 g/mol. The standard InChI is InChI=1S/C35H30F3N3O5/c1-20(2)22-11-13-24(14-12-22)30(42)28-29(23-15-17-26(18-16-23)35(36,37)38)41(27-19-10-21(3)39-40-27)33(43)32(28)46-31(34(44)45-4)25-8-6-5-7-9-25/h5-20,29,31H,1-4H3/t29-,31?/m0/s1. The number of hydrogen-bond acceptors (Lipinski definition) is 7. The Labute approximate surface area is 263 Å². The third-order valence-corrected chi connectivity index (χ3v) is 7.61. The van der Waals surface area contributed by atoms with Crippen LogP contribution in [0.5, 0.6) is 0 Å². The molecule has 0 fully saturated rings. The van der Waals surface area contributed by atoms with E-state index in [0.29, 0.717) is 11.3 Å². The van der Waals surface area contributed by atoms with E-state index in [4.69, 9.17) is 9.47 Å². The molecular formula is C35H30F3N3O5. The summed E-state index contributed by atoms with van der Waals surface area (Å²) in [5.41, 5.74) is 1.15. The lowest BCUT2D eigenvalue weighted by Crippen LogP contribution is -2.32. The van der Waals surface area contributed by atoms with E-state index in [-0.39, 0.29) is 28.4 Å². The number of benzene rings is 3. The van der Waals surface area contributed by atoms with Crippen LogP contribution in [0, 0.1) is 6.92 Å². The molecule has 236 valence electrons. The number of nitrogens with zero attached hydrogens (tertiary/aromatic N) is 3. The molecule has 0 saturated carbocycles. The van der Waals surface area contributed by atoms with E-state index in [1.165, 1.54) is 18.2 Å². The minimum absolute atomic E-state index is 0.0221. The van der Waals surface area contributed by atoms with Crippen LogP contribution in [0.4, 0.5) is 19.0 Å². The molecule has 2 atom stereocenters. The molecule has 46 heavy (non-hydrogen) atoms. The van der Waals surface area contributed by atoms with Crippen molar-refractivity contribution in [1.82, 2.24) is 10.2 Å². The Morgan fingerprint density at radius 1 is 0.848 bits per heavy atom. The van der Waals surface area contributed by atoms with E-state index >= 15 is 0 Å². The highest BCUT2D eigenvalue weighted by Gasteiger charge is 2.48. The summed E-state index contributed by atoms with van der Waals surface area (Å²) in [5, 5.41) is 8.20. The molecule has 0 spiro atoms. The minimum atomic E-state index is -4.61. The fraction of sp³-hybridized carbons (Fsp3) is 0.229. The Morgan fingerprint density at radius 3 is 2.04 bits per heavy atom. The number of anilines is 1. The van der Waals surface area contributed by atoms with E-state index in [1.807, 2.05) is 13.8 Å². The molecule has 0 N–H and O–H groups in total. The number of halogens is 3. The van der Waals surface area contributed by atoms with Gasteiger partial charge in [-0.2, -0.15) is 18.3 Å². The van der Waals surface area contributed by atoms with Gasteiger partial charge in [-0.05, 0) is 48.2 Å². The number of ketones is 1. The van der Waals surface area contributed by atoms with Crippen LogP contribution in [0.3, 0.4) is 0 Å². The van der Waals surface area contributed by atoms with Crippen LogP contribution >= 0.6 is 0 Å². The van der Waals surface area contributed by atoms with Gasteiger partial charge in [0, 0.05) is 11.1 Å². The number of ether oxygens (including phenoxy) is 2. The summed E-state index contributed by atoms with van der Waals surface area (Å²) in [6, 6.07) is 21.0. The number of amides is 1. The SMILES string of the molecule is COC(=O)C(OC1=C(C(=O)c2ccc(C(C)C)cc2)[C@H](c2ccc(C(F)(F)F)cc2)N(c2ccc(C)nn2)C1=O)c1ccccc1. The van der Waals surface area contributed by atoms with Gasteiger partial charge in [-0.3, -0.25) is 14.5 Å². The number of carbonyl (C=O) groups excluding carboxylic acids is 3. The Balaban J connectivity index is 1.74. The first-order chi connectivity index (χ1) is 21.9. The highest BCUT2D eigenvalue weighted by molar-refractivity contribution is 6.21. The molecule has 0 bridgehead atoms. The number of esters is 1. The van der Waals surface area contributed by atoms with E-state index in [0.717, 1.165) is 29.7 Å². The number of alkyl halides is 3. The predicted molar refractivity (Wildman–Crippen MR) is 163 cm³/mol. The maximum absolute atomic E-state index is 14.4. The number of carbonyl (C=O) groups is 3. The molecule has 2 heterocycles. The summed E-state index contributed by atoms with van der Waals surface area (Å²) in [7, 11) is 1.16. The van der Waals surface area contributed by atoms with E-state index in [1.54, 1.807) is 67.6 Å². The fourth-order valence-corrected chi connectivity index (χ4v) is 5.14. The van der Waals surface area contributed by atoms with E-state index in [9.17, 15) is 27.6 Å². The van der Waals surface area contributed by atoms with Crippen LogP contribution in [0.25, 0.3) is 0 Å². The topological polar surface area (TPSA) is 98.7 Å². The lowest BCUT2D eigenvalue weighted by atomic mass is 9.91. The molecule has 1 aromatic heterocycles. The van der Waals surface area contributed by atoms with Gasteiger partial charge in [-0.25, -0.2) is 4.79 Å². The molecule has 1 unspecified atom stereocenters. The molecule has 3 aromatic carbocycles. The van der Waals surface area contributed by atoms with E-state index < -0.39 is 47.3 Å². The Bertz CT molecular complexity index is 1770. The van der Waals surface area contributed by atoms with Crippen molar-refractivity contribution in [2.75, 3.05) is 12.0 Å². The molecule has 0 aliphatic carbocycles. The number of rotatable bonds is 9.